The van der Waals surface area contributed by atoms with Gasteiger partial charge in [-0.3, -0.25) is 4.79 Å². The van der Waals surface area contributed by atoms with Crippen molar-refractivity contribution in [2.75, 3.05) is 0 Å². The molecule has 2 aromatic carbocycles. The third kappa shape index (κ3) is 1.47. The molecule has 86 valence electrons. The Labute approximate surface area is 99.3 Å². The van der Waals surface area contributed by atoms with Crippen LogP contribution in [0.4, 0.5) is 4.39 Å². The van der Waals surface area contributed by atoms with Crippen LogP contribution < -0.4 is 0 Å². The maximum Gasteiger partial charge on any atom is 0.197 e. The van der Waals surface area contributed by atoms with Gasteiger partial charge in [0.1, 0.15) is 0 Å². The molecule has 1 unspecified atom stereocenters. The molecule has 1 atom stereocenters. The van der Waals surface area contributed by atoms with Crippen molar-refractivity contribution in [2.24, 2.45) is 0 Å². The highest BCUT2D eigenvalue weighted by Gasteiger charge is 2.21. The van der Waals surface area contributed by atoms with E-state index in [0.29, 0.717) is 5.56 Å². The van der Waals surface area contributed by atoms with Crippen molar-refractivity contribution in [1.29, 1.82) is 0 Å². The lowest BCUT2D eigenvalue weighted by atomic mass is 9.96. The van der Waals surface area contributed by atoms with E-state index in [1.165, 1.54) is 23.4 Å². The van der Waals surface area contributed by atoms with E-state index in [9.17, 15) is 9.18 Å². The summed E-state index contributed by atoms with van der Waals surface area (Å²) in [4.78, 5) is 11.8. The quantitative estimate of drug-likeness (QED) is 0.719. The number of rotatable bonds is 2. The normalized spacial score (nSPS) is 15.2. The van der Waals surface area contributed by atoms with Gasteiger partial charge in [0, 0.05) is 5.56 Å². The molecule has 0 N–H and O–H groups in total. The Morgan fingerprint density at radius 3 is 2.59 bits per heavy atom. The maximum atomic E-state index is 13.2. The zero-order chi connectivity index (χ0) is 12.0. The molecule has 3 rings (SSSR count). The number of aryl methyl sites for hydroxylation is 2. The van der Waals surface area contributed by atoms with E-state index >= 15 is 0 Å². The van der Waals surface area contributed by atoms with Crippen LogP contribution in [0.1, 0.15) is 28.4 Å². The summed E-state index contributed by atoms with van der Waals surface area (Å²) in [6.07, 6.45) is 0.610. The fourth-order valence-corrected chi connectivity index (χ4v) is 2.68. The molecule has 1 aliphatic carbocycles. The molecule has 0 amide bonds. The van der Waals surface area contributed by atoms with Gasteiger partial charge in [0.25, 0.3) is 0 Å². The second-order valence-corrected chi connectivity index (χ2v) is 4.59. The first kappa shape index (κ1) is 10.5. The van der Waals surface area contributed by atoms with Crippen LogP contribution in [0.25, 0.3) is 10.8 Å². The predicted molar refractivity (Wildman–Crippen MR) is 66.3 cm³/mol. The smallest absolute Gasteiger partial charge is 0.197 e. The number of carbonyl (C=O) groups excluding carboxylic acids is 1. The summed E-state index contributed by atoms with van der Waals surface area (Å²) in [6.45, 7) is 1.30. The van der Waals surface area contributed by atoms with Gasteiger partial charge >= 0.3 is 0 Å². The third-order valence-corrected chi connectivity index (χ3v) is 3.50. The first-order valence-electron chi connectivity index (χ1n) is 5.90. The van der Waals surface area contributed by atoms with E-state index < -0.39 is 12.0 Å². The number of Topliss-reactive ketones (excluding diaryl/α,β-unsaturated/α-hetero) is 1. The number of ketones is 1. The van der Waals surface area contributed by atoms with Gasteiger partial charge in [-0.05, 0) is 41.7 Å². The lowest BCUT2D eigenvalue weighted by Crippen LogP contribution is -2.12. The highest BCUT2D eigenvalue weighted by atomic mass is 19.1. The highest BCUT2D eigenvalue weighted by molar-refractivity contribution is 6.11. The second kappa shape index (κ2) is 3.66. The average molecular weight is 228 g/mol. The molecule has 1 nitrogen and oxygen atoms in total. The molecular formula is C15H13FO. The van der Waals surface area contributed by atoms with E-state index in [-0.39, 0.29) is 0 Å². The van der Waals surface area contributed by atoms with Crippen LogP contribution in [-0.2, 0) is 12.8 Å². The fraction of sp³-hybridized carbons (Fsp3) is 0.267. The molecule has 0 saturated heterocycles. The summed E-state index contributed by atoms with van der Waals surface area (Å²) in [5, 5.41) is 2.08. The molecule has 2 heteroatoms. The van der Waals surface area contributed by atoms with Gasteiger partial charge in [-0.2, -0.15) is 0 Å². The fourth-order valence-electron chi connectivity index (χ4n) is 2.68. The van der Waals surface area contributed by atoms with Crippen LogP contribution in [0.15, 0.2) is 30.3 Å². The summed E-state index contributed by atoms with van der Waals surface area (Å²) in [6, 6.07) is 9.70. The van der Waals surface area contributed by atoms with Crippen molar-refractivity contribution in [1.82, 2.24) is 0 Å². The summed E-state index contributed by atoms with van der Waals surface area (Å²) in [5.41, 5.74) is 3.07. The Bertz CT molecular complexity index is 603. The third-order valence-electron chi connectivity index (χ3n) is 3.50. The minimum Gasteiger partial charge on any atom is -0.291 e. The number of hydrogen-bond donors (Lipinski definition) is 0. The Balaban J connectivity index is 2.32. The Morgan fingerprint density at radius 1 is 1.18 bits per heavy atom. The number of alkyl halides is 1. The van der Waals surface area contributed by atoms with Crippen molar-refractivity contribution < 1.29 is 9.18 Å². The summed E-state index contributed by atoms with van der Waals surface area (Å²) >= 11 is 0. The Morgan fingerprint density at radius 2 is 1.88 bits per heavy atom. The zero-order valence-electron chi connectivity index (χ0n) is 9.66. The average Bonchev–Trinajstić information content (AvgIpc) is 2.74. The van der Waals surface area contributed by atoms with Crippen molar-refractivity contribution >= 4 is 16.6 Å². The number of halogens is 1. The molecule has 0 bridgehead atoms. The van der Waals surface area contributed by atoms with Gasteiger partial charge in [-0.15, -0.1) is 0 Å². The van der Waals surface area contributed by atoms with E-state index in [1.807, 2.05) is 18.2 Å². The van der Waals surface area contributed by atoms with Gasteiger partial charge in [0.05, 0.1) is 0 Å². The van der Waals surface area contributed by atoms with E-state index in [4.69, 9.17) is 0 Å². The van der Waals surface area contributed by atoms with Crippen LogP contribution >= 0.6 is 0 Å². The van der Waals surface area contributed by atoms with Gasteiger partial charge in [0.2, 0.25) is 0 Å². The minimum atomic E-state index is -1.44. The number of carbonyl (C=O) groups is 1. The summed E-state index contributed by atoms with van der Waals surface area (Å²) in [5.74, 6) is -0.416. The highest BCUT2D eigenvalue weighted by Crippen LogP contribution is 2.33. The van der Waals surface area contributed by atoms with Crippen LogP contribution in [0.3, 0.4) is 0 Å². The Kier molecular flexibility index (Phi) is 2.25. The van der Waals surface area contributed by atoms with Gasteiger partial charge in [-0.1, -0.05) is 30.3 Å². The van der Waals surface area contributed by atoms with Gasteiger partial charge in [0.15, 0.2) is 12.0 Å². The molecule has 0 heterocycles. The van der Waals surface area contributed by atoms with Crippen molar-refractivity contribution in [3.8, 4) is 0 Å². The lowest BCUT2D eigenvalue weighted by Gasteiger charge is -2.08. The van der Waals surface area contributed by atoms with Crippen molar-refractivity contribution in [3.05, 3.63) is 47.0 Å². The van der Waals surface area contributed by atoms with E-state index in [1.54, 1.807) is 6.07 Å². The SMILES string of the molecule is CC(F)C(=O)c1ccc2c3c(cccc13)CC2. The standard InChI is InChI=1S/C15H13FO/c1-9(16)15(17)13-8-7-11-6-5-10-3-2-4-12(13)14(10)11/h2-4,7-9H,5-6H2,1H3. The van der Waals surface area contributed by atoms with E-state index in [2.05, 4.69) is 6.07 Å². The maximum absolute atomic E-state index is 13.2. The first-order valence-corrected chi connectivity index (χ1v) is 5.90. The molecular weight excluding hydrogens is 215 g/mol. The topological polar surface area (TPSA) is 17.1 Å². The van der Waals surface area contributed by atoms with Crippen LogP contribution in [-0.4, -0.2) is 12.0 Å². The van der Waals surface area contributed by atoms with Crippen molar-refractivity contribution in [2.45, 2.75) is 25.9 Å². The second-order valence-electron chi connectivity index (χ2n) is 4.59. The molecule has 1 aliphatic rings. The molecule has 0 aliphatic heterocycles. The van der Waals surface area contributed by atoms with Crippen LogP contribution in [0.5, 0.6) is 0 Å². The molecule has 0 spiro atoms. The lowest BCUT2D eigenvalue weighted by molar-refractivity contribution is 0.0894. The summed E-state index contributed by atoms with van der Waals surface area (Å²) < 4.78 is 13.2. The predicted octanol–water partition coefficient (Wildman–Crippen LogP) is 3.48. The van der Waals surface area contributed by atoms with Gasteiger partial charge in [-0.25, -0.2) is 4.39 Å². The number of benzene rings is 2. The van der Waals surface area contributed by atoms with Crippen LogP contribution in [0, 0.1) is 0 Å². The molecule has 0 radical (unpaired) electrons. The molecule has 0 fully saturated rings. The first-order chi connectivity index (χ1) is 8.18. The van der Waals surface area contributed by atoms with Crippen LogP contribution in [0.2, 0.25) is 0 Å². The summed E-state index contributed by atoms with van der Waals surface area (Å²) in [7, 11) is 0. The zero-order valence-corrected chi connectivity index (χ0v) is 9.66. The molecule has 0 aromatic heterocycles. The number of hydrogen-bond acceptors (Lipinski definition) is 1. The van der Waals surface area contributed by atoms with Crippen molar-refractivity contribution in [3.63, 3.8) is 0 Å². The monoisotopic (exact) mass is 228 g/mol. The Hall–Kier alpha value is -1.70. The molecule has 2 aromatic rings. The molecule has 0 saturated carbocycles. The van der Waals surface area contributed by atoms with E-state index in [0.717, 1.165) is 18.2 Å². The molecule has 17 heavy (non-hydrogen) atoms. The van der Waals surface area contributed by atoms with Gasteiger partial charge < -0.3 is 0 Å². The largest absolute Gasteiger partial charge is 0.291 e. The minimum absolute atomic E-state index is 0.416.